The second kappa shape index (κ2) is 6.25. The Kier molecular flexibility index (Phi) is 4.66. The van der Waals surface area contributed by atoms with E-state index >= 15 is 0 Å². The van der Waals surface area contributed by atoms with Crippen molar-refractivity contribution in [2.75, 3.05) is 32.7 Å². The van der Waals surface area contributed by atoms with Crippen molar-refractivity contribution in [1.29, 1.82) is 0 Å². The Morgan fingerprint density at radius 2 is 2.00 bits per heavy atom. The van der Waals surface area contributed by atoms with E-state index < -0.39 is 12.5 Å². The number of hydrogen-bond donors (Lipinski definition) is 1. The molecule has 2 nitrogen and oxygen atoms in total. The van der Waals surface area contributed by atoms with Gasteiger partial charge in [0.05, 0.1) is 0 Å². The summed E-state index contributed by atoms with van der Waals surface area (Å²) in [6, 6.07) is 3.38. The molecule has 0 atom stereocenters. The third-order valence-corrected chi connectivity index (χ3v) is 3.54. The van der Waals surface area contributed by atoms with E-state index in [1.165, 1.54) is 6.07 Å². The Labute approximate surface area is 107 Å². The third kappa shape index (κ3) is 3.27. The lowest BCUT2D eigenvalue weighted by molar-refractivity contribution is 0.244. The zero-order valence-electron chi connectivity index (χ0n) is 10.8. The molecule has 1 saturated heterocycles. The van der Waals surface area contributed by atoms with Gasteiger partial charge in [0.1, 0.15) is 12.5 Å². The summed E-state index contributed by atoms with van der Waals surface area (Å²) < 4.78 is 26.2. The smallest absolute Gasteiger partial charge is 0.129 e. The lowest BCUT2D eigenvalue weighted by Crippen LogP contribution is -2.44. The highest BCUT2D eigenvalue weighted by Crippen LogP contribution is 2.17. The molecule has 0 aromatic heterocycles. The van der Waals surface area contributed by atoms with Crippen LogP contribution < -0.4 is 5.32 Å². The summed E-state index contributed by atoms with van der Waals surface area (Å²) in [6.07, 6.45) is 0.824. The van der Waals surface area contributed by atoms with Crippen LogP contribution in [0.4, 0.5) is 8.78 Å². The molecule has 1 aromatic rings. The zero-order chi connectivity index (χ0) is 13.0. The highest BCUT2D eigenvalue weighted by atomic mass is 19.1. The minimum Gasteiger partial charge on any atom is -0.314 e. The Morgan fingerprint density at radius 1 is 1.28 bits per heavy atom. The molecule has 4 heteroatoms. The van der Waals surface area contributed by atoms with E-state index in [9.17, 15) is 8.78 Å². The number of alkyl halides is 1. The second-order valence-corrected chi connectivity index (χ2v) is 4.85. The van der Waals surface area contributed by atoms with Crippen molar-refractivity contribution in [2.45, 2.75) is 20.0 Å². The monoisotopic (exact) mass is 254 g/mol. The SMILES string of the molecule is Cc1cc(CCN2CCNCC2)cc(F)c1CF. The lowest BCUT2D eigenvalue weighted by atomic mass is 10.0. The summed E-state index contributed by atoms with van der Waals surface area (Å²) in [5.74, 6) is -0.409. The third-order valence-electron chi connectivity index (χ3n) is 3.54. The molecule has 1 aromatic carbocycles. The van der Waals surface area contributed by atoms with Crippen LogP contribution in [0.5, 0.6) is 0 Å². The van der Waals surface area contributed by atoms with Crippen molar-refractivity contribution in [3.8, 4) is 0 Å². The molecule has 1 heterocycles. The van der Waals surface area contributed by atoms with Crippen molar-refractivity contribution >= 4 is 0 Å². The summed E-state index contributed by atoms with van der Waals surface area (Å²) in [5, 5.41) is 3.30. The molecule has 1 aliphatic rings. The van der Waals surface area contributed by atoms with Crippen LogP contribution in [0.25, 0.3) is 0 Å². The average Bonchev–Trinajstić information content (AvgIpc) is 2.37. The fourth-order valence-electron chi connectivity index (χ4n) is 2.38. The fourth-order valence-corrected chi connectivity index (χ4v) is 2.38. The van der Waals surface area contributed by atoms with Crippen LogP contribution in [0.2, 0.25) is 0 Å². The summed E-state index contributed by atoms with van der Waals surface area (Å²) in [7, 11) is 0. The first-order chi connectivity index (χ1) is 8.70. The largest absolute Gasteiger partial charge is 0.314 e. The quantitative estimate of drug-likeness (QED) is 0.884. The van der Waals surface area contributed by atoms with Gasteiger partial charge in [0.2, 0.25) is 0 Å². The predicted octanol–water partition coefficient (Wildman–Crippen LogP) is 2.05. The van der Waals surface area contributed by atoms with Gasteiger partial charge in [0, 0.05) is 38.3 Å². The molecule has 0 saturated carbocycles. The highest BCUT2D eigenvalue weighted by molar-refractivity contribution is 5.32. The molecule has 100 valence electrons. The minimum absolute atomic E-state index is 0.195. The van der Waals surface area contributed by atoms with Gasteiger partial charge in [-0.05, 0) is 30.5 Å². The van der Waals surface area contributed by atoms with Crippen molar-refractivity contribution < 1.29 is 8.78 Å². The Morgan fingerprint density at radius 3 is 2.61 bits per heavy atom. The summed E-state index contributed by atoms with van der Waals surface area (Å²) in [4.78, 5) is 2.37. The van der Waals surface area contributed by atoms with Crippen molar-refractivity contribution in [3.05, 3.63) is 34.6 Å². The molecule has 1 N–H and O–H groups in total. The molecule has 0 spiro atoms. The van der Waals surface area contributed by atoms with Gasteiger partial charge >= 0.3 is 0 Å². The summed E-state index contributed by atoms with van der Waals surface area (Å²) in [5.41, 5.74) is 1.87. The molecule has 2 rings (SSSR count). The van der Waals surface area contributed by atoms with Crippen LogP contribution >= 0.6 is 0 Å². The number of benzene rings is 1. The second-order valence-electron chi connectivity index (χ2n) is 4.85. The molecule has 0 bridgehead atoms. The van der Waals surface area contributed by atoms with Crippen LogP contribution in [0, 0.1) is 12.7 Å². The van der Waals surface area contributed by atoms with Crippen molar-refractivity contribution in [2.24, 2.45) is 0 Å². The van der Waals surface area contributed by atoms with E-state index in [0.29, 0.717) is 5.56 Å². The Balaban J connectivity index is 1.96. The van der Waals surface area contributed by atoms with Gasteiger partial charge in [-0.3, -0.25) is 0 Å². The first-order valence-corrected chi connectivity index (χ1v) is 6.47. The maximum Gasteiger partial charge on any atom is 0.129 e. The van der Waals surface area contributed by atoms with Crippen LogP contribution in [-0.2, 0) is 13.1 Å². The van der Waals surface area contributed by atoms with E-state index in [0.717, 1.165) is 44.7 Å². The van der Waals surface area contributed by atoms with Gasteiger partial charge in [0.25, 0.3) is 0 Å². The molecule has 0 radical (unpaired) electrons. The molecule has 1 aliphatic heterocycles. The number of piperazine rings is 1. The standard InChI is InChI=1S/C14H20F2N2/c1-11-8-12(9-14(16)13(11)10-15)2-5-18-6-3-17-4-7-18/h8-9,17H,2-7,10H2,1H3. The van der Waals surface area contributed by atoms with Gasteiger partial charge in [-0.1, -0.05) is 6.07 Å². The fraction of sp³-hybridized carbons (Fsp3) is 0.571. The first-order valence-electron chi connectivity index (χ1n) is 6.47. The van der Waals surface area contributed by atoms with Gasteiger partial charge < -0.3 is 10.2 Å². The number of nitrogens with zero attached hydrogens (tertiary/aromatic N) is 1. The Bertz CT molecular complexity index is 378. The average molecular weight is 254 g/mol. The van der Waals surface area contributed by atoms with Gasteiger partial charge in [-0.25, -0.2) is 8.78 Å². The number of hydrogen-bond acceptors (Lipinski definition) is 2. The summed E-state index contributed by atoms with van der Waals surface area (Å²) >= 11 is 0. The number of aryl methyl sites for hydroxylation is 1. The van der Waals surface area contributed by atoms with E-state index in [4.69, 9.17) is 0 Å². The number of rotatable bonds is 4. The molecule has 18 heavy (non-hydrogen) atoms. The van der Waals surface area contributed by atoms with Gasteiger partial charge in [-0.15, -0.1) is 0 Å². The molecule has 1 fully saturated rings. The van der Waals surface area contributed by atoms with Crippen LogP contribution in [0.1, 0.15) is 16.7 Å². The zero-order valence-corrected chi connectivity index (χ0v) is 10.8. The van der Waals surface area contributed by atoms with Crippen LogP contribution in [-0.4, -0.2) is 37.6 Å². The highest BCUT2D eigenvalue weighted by Gasteiger charge is 2.11. The molecule has 0 aliphatic carbocycles. The van der Waals surface area contributed by atoms with Gasteiger partial charge in [-0.2, -0.15) is 0 Å². The predicted molar refractivity (Wildman–Crippen MR) is 69.0 cm³/mol. The topological polar surface area (TPSA) is 15.3 Å². The van der Waals surface area contributed by atoms with Crippen LogP contribution in [0.3, 0.4) is 0 Å². The van der Waals surface area contributed by atoms with Crippen LogP contribution in [0.15, 0.2) is 12.1 Å². The molecule has 0 amide bonds. The Hall–Kier alpha value is -1.00. The molecular weight excluding hydrogens is 234 g/mol. The van der Waals surface area contributed by atoms with Gasteiger partial charge in [0.15, 0.2) is 0 Å². The molecular formula is C14H20F2N2. The first kappa shape index (κ1) is 13.4. The number of halogens is 2. The van der Waals surface area contributed by atoms with E-state index in [1.807, 2.05) is 6.07 Å². The van der Waals surface area contributed by atoms with Crippen molar-refractivity contribution in [1.82, 2.24) is 10.2 Å². The molecule has 0 unspecified atom stereocenters. The maximum absolute atomic E-state index is 13.6. The normalized spacial score (nSPS) is 17.1. The van der Waals surface area contributed by atoms with E-state index in [-0.39, 0.29) is 5.56 Å². The maximum atomic E-state index is 13.6. The summed E-state index contributed by atoms with van der Waals surface area (Å²) in [6.45, 7) is 6.12. The lowest BCUT2D eigenvalue weighted by Gasteiger charge is -2.27. The minimum atomic E-state index is -0.726. The van der Waals surface area contributed by atoms with Crippen molar-refractivity contribution in [3.63, 3.8) is 0 Å². The van der Waals surface area contributed by atoms with E-state index in [1.54, 1.807) is 6.92 Å². The van der Waals surface area contributed by atoms with E-state index in [2.05, 4.69) is 10.2 Å². The number of nitrogens with one attached hydrogen (secondary N) is 1.